The van der Waals surface area contributed by atoms with E-state index in [4.69, 9.17) is 9.84 Å². The van der Waals surface area contributed by atoms with E-state index < -0.39 is 0 Å². The number of hydrogen-bond donors (Lipinski definition) is 1. The number of rotatable bonds is 2. The molecule has 0 bridgehead atoms. The second kappa shape index (κ2) is 4.40. The van der Waals surface area contributed by atoms with E-state index in [1.165, 1.54) is 25.9 Å². The Morgan fingerprint density at radius 3 is 2.53 bits per heavy atom. The van der Waals surface area contributed by atoms with Crippen molar-refractivity contribution in [3.63, 3.8) is 0 Å². The van der Waals surface area contributed by atoms with Crippen molar-refractivity contribution < 1.29 is 9.84 Å². The monoisotopic (exact) mass is 213 g/mol. The third-order valence-electron chi connectivity index (χ3n) is 4.08. The summed E-state index contributed by atoms with van der Waals surface area (Å²) >= 11 is 0. The fourth-order valence-corrected chi connectivity index (χ4v) is 2.88. The SMILES string of the molecule is CC(C)N1CCC2(CC1)COC(CO)C2. The van der Waals surface area contributed by atoms with Crippen molar-refractivity contribution in [2.75, 3.05) is 26.3 Å². The van der Waals surface area contributed by atoms with Gasteiger partial charge in [0.15, 0.2) is 0 Å². The molecule has 3 heteroatoms. The second-order valence-corrected chi connectivity index (χ2v) is 5.45. The minimum atomic E-state index is 0.107. The fraction of sp³-hybridized carbons (Fsp3) is 1.00. The van der Waals surface area contributed by atoms with Crippen LogP contribution in [0.25, 0.3) is 0 Å². The smallest absolute Gasteiger partial charge is 0.0812 e. The third-order valence-corrected chi connectivity index (χ3v) is 4.08. The van der Waals surface area contributed by atoms with E-state index in [2.05, 4.69) is 18.7 Å². The molecule has 2 aliphatic heterocycles. The lowest BCUT2D eigenvalue weighted by atomic mass is 9.76. The molecule has 2 fully saturated rings. The molecule has 0 aromatic rings. The Hall–Kier alpha value is -0.120. The highest BCUT2D eigenvalue weighted by Crippen LogP contribution is 2.41. The molecule has 0 aromatic heterocycles. The molecular formula is C12H23NO2. The Kier molecular flexibility index (Phi) is 3.33. The van der Waals surface area contributed by atoms with Crippen molar-refractivity contribution in [2.45, 2.75) is 45.3 Å². The molecular weight excluding hydrogens is 190 g/mol. The van der Waals surface area contributed by atoms with E-state index >= 15 is 0 Å². The van der Waals surface area contributed by atoms with Gasteiger partial charge in [-0.25, -0.2) is 0 Å². The first kappa shape index (κ1) is 11.4. The van der Waals surface area contributed by atoms with Gasteiger partial charge in [0.25, 0.3) is 0 Å². The molecule has 0 saturated carbocycles. The number of piperidine rings is 1. The van der Waals surface area contributed by atoms with Gasteiger partial charge in [0.1, 0.15) is 0 Å². The first-order valence-corrected chi connectivity index (χ1v) is 6.12. The van der Waals surface area contributed by atoms with Crippen LogP contribution in [0.1, 0.15) is 33.1 Å². The number of hydrogen-bond acceptors (Lipinski definition) is 3. The van der Waals surface area contributed by atoms with Crippen molar-refractivity contribution in [3.05, 3.63) is 0 Å². The molecule has 0 amide bonds. The first-order chi connectivity index (χ1) is 7.15. The van der Waals surface area contributed by atoms with E-state index in [-0.39, 0.29) is 12.7 Å². The summed E-state index contributed by atoms with van der Waals surface area (Å²) in [5.74, 6) is 0. The van der Waals surface area contributed by atoms with Crippen LogP contribution in [0.2, 0.25) is 0 Å². The first-order valence-electron chi connectivity index (χ1n) is 6.12. The average molecular weight is 213 g/mol. The maximum Gasteiger partial charge on any atom is 0.0812 e. The standard InChI is InChI=1S/C12H23NO2/c1-10(2)13-5-3-12(4-6-13)7-11(8-14)15-9-12/h10-11,14H,3-9H2,1-2H3. The zero-order valence-electron chi connectivity index (χ0n) is 9.91. The Labute approximate surface area is 92.4 Å². The molecule has 2 saturated heterocycles. The van der Waals surface area contributed by atoms with E-state index in [0.717, 1.165) is 13.0 Å². The summed E-state index contributed by atoms with van der Waals surface area (Å²) in [5.41, 5.74) is 0.388. The van der Waals surface area contributed by atoms with Crippen molar-refractivity contribution >= 4 is 0 Å². The van der Waals surface area contributed by atoms with Crippen LogP contribution in [0.5, 0.6) is 0 Å². The van der Waals surface area contributed by atoms with Crippen LogP contribution < -0.4 is 0 Å². The normalized spacial score (nSPS) is 31.6. The summed E-state index contributed by atoms with van der Waals surface area (Å²) in [6.45, 7) is 7.97. The molecule has 88 valence electrons. The van der Waals surface area contributed by atoms with Gasteiger partial charge < -0.3 is 14.7 Å². The largest absolute Gasteiger partial charge is 0.394 e. The maximum atomic E-state index is 9.08. The highest BCUT2D eigenvalue weighted by molar-refractivity contribution is 4.92. The Bertz CT molecular complexity index is 210. The summed E-state index contributed by atoms with van der Waals surface area (Å²) in [5, 5.41) is 9.08. The van der Waals surface area contributed by atoms with Crippen LogP contribution in [-0.2, 0) is 4.74 Å². The minimum absolute atomic E-state index is 0.107. The van der Waals surface area contributed by atoms with Gasteiger partial charge in [0.05, 0.1) is 19.3 Å². The number of likely N-dealkylation sites (tertiary alicyclic amines) is 1. The summed E-state index contributed by atoms with van der Waals surface area (Å²) < 4.78 is 5.62. The summed E-state index contributed by atoms with van der Waals surface area (Å²) in [6.07, 6.45) is 3.65. The zero-order chi connectivity index (χ0) is 10.9. The van der Waals surface area contributed by atoms with Gasteiger partial charge in [0, 0.05) is 6.04 Å². The molecule has 3 nitrogen and oxygen atoms in total. The van der Waals surface area contributed by atoms with E-state index in [1.54, 1.807) is 0 Å². The number of aliphatic hydroxyl groups is 1. The van der Waals surface area contributed by atoms with Crippen LogP contribution in [-0.4, -0.2) is 48.5 Å². The van der Waals surface area contributed by atoms with Crippen LogP contribution >= 0.6 is 0 Å². The second-order valence-electron chi connectivity index (χ2n) is 5.45. The maximum absolute atomic E-state index is 9.08. The third kappa shape index (κ3) is 2.35. The van der Waals surface area contributed by atoms with Gasteiger partial charge in [0.2, 0.25) is 0 Å². The molecule has 0 radical (unpaired) electrons. The molecule has 2 rings (SSSR count). The predicted molar refractivity (Wildman–Crippen MR) is 59.8 cm³/mol. The van der Waals surface area contributed by atoms with Crippen molar-refractivity contribution in [3.8, 4) is 0 Å². The van der Waals surface area contributed by atoms with Gasteiger partial charge in [-0.05, 0) is 51.6 Å². The Morgan fingerprint density at radius 2 is 2.07 bits per heavy atom. The molecule has 1 atom stereocenters. The van der Waals surface area contributed by atoms with Crippen LogP contribution in [0.4, 0.5) is 0 Å². The van der Waals surface area contributed by atoms with Crippen LogP contribution in [0.3, 0.4) is 0 Å². The van der Waals surface area contributed by atoms with Crippen molar-refractivity contribution in [1.29, 1.82) is 0 Å². The highest BCUT2D eigenvalue weighted by atomic mass is 16.5. The molecule has 1 spiro atoms. The zero-order valence-corrected chi connectivity index (χ0v) is 9.91. The van der Waals surface area contributed by atoms with Crippen LogP contribution in [0, 0.1) is 5.41 Å². The van der Waals surface area contributed by atoms with Gasteiger partial charge in [-0.2, -0.15) is 0 Å². The molecule has 15 heavy (non-hydrogen) atoms. The number of ether oxygens (including phenoxy) is 1. The number of nitrogens with zero attached hydrogens (tertiary/aromatic N) is 1. The topological polar surface area (TPSA) is 32.7 Å². The van der Waals surface area contributed by atoms with E-state index in [0.29, 0.717) is 11.5 Å². The quantitative estimate of drug-likeness (QED) is 0.749. The highest BCUT2D eigenvalue weighted by Gasteiger charge is 2.42. The van der Waals surface area contributed by atoms with E-state index in [1.807, 2.05) is 0 Å². The summed E-state index contributed by atoms with van der Waals surface area (Å²) in [7, 11) is 0. The molecule has 1 N–H and O–H groups in total. The predicted octanol–water partition coefficient (Wildman–Crippen LogP) is 1.26. The Morgan fingerprint density at radius 1 is 1.40 bits per heavy atom. The molecule has 0 aliphatic carbocycles. The lowest BCUT2D eigenvalue weighted by Gasteiger charge is -2.40. The van der Waals surface area contributed by atoms with Gasteiger partial charge in [-0.3, -0.25) is 0 Å². The molecule has 2 aliphatic rings. The lowest BCUT2D eigenvalue weighted by molar-refractivity contribution is 0.0392. The number of aliphatic hydroxyl groups excluding tert-OH is 1. The van der Waals surface area contributed by atoms with E-state index in [9.17, 15) is 0 Å². The summed E-state index contributed by atoms with van der Waals surface area (Å²) in [6, 6.07) is 0.665. The van der Waals surface area contributed by atoms with Crippen LogP contribution in [0.15, 0.2) is 0 Å². The molecule has 2 heterocycles. The summed E-state index contributed by atoms with van der Waals surface area (Å²) in [4.78, 5) is 2.54. The average Bonchev–Trinajstić information content (AvgIpc) is 2.62. The fourth-order valence-electron chi connectivity index (χ4n) is 2.88. The van der Waals surface area contributed by atoms with Crippen molar-refractivity contribution in [1.82, 2.24) is 4.90 Å². The van der Waals surface area contributed by atoms with Gasteiger partial charge >= 0.3 is 0 Å². The Balaban J connectivity index is 1.87. The molecule has 0 aromatic carbocycles. The van der Waals surface area contributed by atoms with Gasteiger partial charge in [-0.15, -0.1) is 0 Å². The van der Waals surface area contributed by atoms with Gasteiger partial charge in [-0.1, -0.05) is 0 Å². The minimum Gasteiger partial charge on any atom is -0.394 e. The lowest BCUT2D eigenvalue weighted by Crippen LogP contribution is -2.43. The van der Waals surface area contributed by atoms with Crippen molar-refractivity contribution in [2.24, 2.45) is 5.41 Å². The molecule has 1 unspecified atom stereocenters.